The Morgan fingerprint density at radius 1 is 1.23 bits per heavy atom. The maximum absolute atomic E-state index is 12.2. The van der Waals surface area contributed by atoms with Crippen molar-refractivity contribution in [3.8, 4) is 5.69 Å². The van der Waals surface area contributed by atoms with Gasteiger partial charge in [0.15, 0.2) is 0 Å². The van der Waals surface area contributed by atoms with Crippen LogP contribution in [0.1, 0.15) is 16.1 Å². The van der Waals surface area contributed by atoms with Crippen LogP contribution in [-0.2, 0) is 11.2 Å². The minimum absolute atomic E-state index is 0.0317. The molecule has 0 fully saturated rings. The first kappa shape index (κ1) is 14.5. The number of rotatable bonds is 4. The van der Waals surface area contributed by atoms with E-state index in [4.69, 9.17) is 0 Å². The molecule has 22 heavy (non-hydrogen) atoms. The number of carbonyl (C=O) groups excluding carboxylic acids is 1. The summed E-state index contributed by atoms with van der Waals surface area (Å²) < 4.78 is 1.76. The van der Waals surface area contributed by atoms with Crippen LogP contribution in [0.2, 0.25) is 0 Å². The van der Waals surface area contributed by atoms with Crippen molar-refractivity contribution in [3.05, 3.63) is 64.0 Å². The molecule has 0 aliphatic carbocycles. The average Bonchev–Trinajstić information content (AvgIpc) is 3.10. The van der Waals surface area contributed by atoms with Gasteiger partial charge >= 0.3 is 0 Å². The zero-order valence-electron chi connectivity index (χ0n) is 12.5. The summed E-state index contributed by atoms with van der Waals surface area (Å²) in [7, 11) is 0. The molecule has 3 rings (SSSR count). The second-order valence-corrected chi connectivity index (χ2v) is 6.25. The van der Waals surface area contributed by atoms with Crippen molar-refractivity contribution in [1.29, 1.82) is 0 Å². The van der Waals surface area contributed by atoms with Crippen LogP contribution in [0.5, 0.6) is 0 Å². The molecule has 3 aromatic rings. The smallest absolute Gasteiger partial charge is 0.230 e. The lowest BCUT2D eigenvalue weighted by Gasteiger charge is -2.09. The van der Waals surface area contributed by atoms with Crippen LogP contribution in [-0.4, -0.2) is 15.7 Å². The van der Waals surface area contributed by atoms with Crippen LogP contribution in [0.4, 0.5) is 5.82 Å². The van der Waals surface area contributed by atoms with Crippen molar-refractivity contribution < 1.29 is 4.79 Å². The second kappa shape index (κ2) is 6.15. The van der Waals surface area contributed by atoms with E-state index in [2.05, 4.69) is 10.4 Å². The molecule has 0 aliphatic rings. The van der Waals surface area contributed by atoms with Crippen molar-refractivity contribution in [1.82, 2.24) is 9.78 Å². The van der Waals surface area contributed by atoms with Gasteiger partial charge in [-0.15, -0.1) is 11.3 Å². The maximum Gasteiger partial charge on any atom is 0.230 e. The lowest BCUT2D eigenvalue weighted by Crippen LogP contribution is -2.16. The molecule has 2 heterocycles. The van der Waals surface area contributed by atoms with Crippen molar-refractivity contribution >= 4 is 23.1 Å². The number of hydrogen-bond acceptors (Lipinski definition) is 3. The molecule has 0 aliphatic heterocycles. The molecule has 0 atom stereocenters. The van der Waals surface area contributed by atoms with Gasteiger partial charge in [0.05, 0.1) is 17.8 Å². The van der Waals surface area contributed by atoms with Crippen molar-refractivity contribution in [2.24, 2.45) is 0 Å². The van der Waals surface area contributed by atoms with Crippen LogP contribution in [0.25, 0.3) is 5.69 Å². The van der Waals surface area contributed by atoms with Gasteiger partial charge in [-0.3, -0.25) is 4.79 Å². The molecule has 4 nitrogen and oxygen atoms in total. The zero-order chi connectivity index (χ0) is 15.5. The van der Waals surface area contributed by atoms with E-state index < -0.39 is 0 Å². The van der Waals surface area contributed by atoms with Crippen molar-refractivity contribution in [2.45, 2.75) is 20.3 Å². The van der Waals surface area contributed by atoms with E-state index in [0.717, 1.165) is 16.3 Å². The molecule has 5 heteroatoms. The third-order valence-corrected chi connectivity index (χ3v) is 4.17. The van der Waals surface area contributed by atoms with Crippen LogP contribution < -0.4 is 5.32 Å². The standard InChI is InChI=1S/C17H17N3OS/c1-12-5-7-14(8-6-12)20-16(10-13(2)19-20)18-17(21)11-15-4-3-9-22-15/h3-10H,11H2,1-2H3,(H,18,21). The van der Waals surface area contributed by atoms with Crippen molar-refractivity contribution in [2.75, 3.05) is 5.32 Å². The van der Waals surface area contributed by atoms with Crippen LogP contribution in [0.15, 0.2) is 47.8 Å². The first-order valence-corrected chi connectivity index (χ1v) is 7.96. The van der Waals surface area contributed by atoms with E-state index in [1.165, 1.54) is 5.56 Å². The lowest BCUT2D eigenvalue weighted by molar-refractivity contribution is -0.115. The zero-order valence-corrected chi connectivity index (χ0v) is 13.4. The van der Waals surface area contributed by atoms with Crippen molar-refractivity contribution in [3.63, 3.8) is 0 Å². The third-order valence-electron chi connectivity index (χ3n) is 3.29. The molecule has 0 saturated heterocycles. The van der Waals surface area contributed by atoms with Gasteiger partial charge in [-0.05, 0) is 37.4 Å². The van der Waals surface area contributed by atoms with E-state index >= 15 is 0 Å². The number of amides is 1. The number of thiophene rings is 1. The molecule has 2 aromatic heterocycles. The molecule has 1 amide bonds. The highest BCUT2D eigenvalue weighted by Gasteiger charge is 2.11. The minimum Gasteiger partial charge on any atom is -0.310 e. The highest BCUT2D eigenvalue weighted by molar-refractivity contribution is 7.10. The van der Waals surface area contributed by atoms with E-state index in [9.17, 15) is 4.79 Å². The fourth-order valence-electron chi connectivity index (χ4n) is 2.23. The minimum atomic E-state index is -0.0317. The van der Waals surface area contributed by atoms with Gasteiger partial charge in [0, 0.05) is 10.9 Å². The highest BCUT2D eigenvalue weighted by atomic mass is 32.1. The van der Waals surface area contributed by atoms with E-state index in [0.29, 0.717) is 12.2 Å². The summed E-state index contributed by atoms with van der Waals surface area (Å²) >= 11 is 1.59. The van der Waals surface area contributed by atoms with Crippen LogP contribution >= 0.6 is 11.3 Å². The van der Waals surface area contributed by atoms with Gasteiger partial charge in [0.1, 0.15) is 5.82 Å². The second-order valence-electron chi connectivity index (χ2n) is 5.22. The Kier molecular flexibility index (Phi) is 4.06. The molecule has 0 spiro atoms. The summed E-state index contributed by atoms with van der Waals surface area (Å²) in [5, 5.41) is 9.39. The summed E-state index contributed by atoms with van der Waals surface area (Å²) in [6, 6.07) is 13.9. The normalized spacial score (nSPS) is 10.6. The molecule has 0 radical (unpaired) electrons. The Morgan fingerprint density at radius 2 is 2.00 bits per heavy atom. The van der Waals surface area contributed by atoms with Gasteiger partial charge < -0.3 is 5.32 Å². The SMILES string of the molecule is Cc1ccc(-n2nc(C)cc2NC(=O)Cc2cccs2)cc1. The van der Waals surface area contributed by atoms with Crippen LogP contribution in [0, 0.1) is 13.8 Å². The van der Waals surface area contributed by atoms with Gasteiger partial charge in [0.2, 0.25) is 5.91 Å². The quantitative estimate of drug-likeness (QED) is 0.798. The fourth-order valence-corrected chi connectivity index (χ4v) is 2.93. The van der Waals surface area contributed by atoms with Crippen LogP contribution in [0.3, 0.4) is 0 Å². The Morgan fingerprint density at radius 3 is 2.68 bits per heavy atom. The molecule has 1 aromatic carbocycles. The molecule has 112 valence electrons. The molecule has 0 saturated carbocycles. The van der Waals surface area contributed by atoms with E-state index in [1.807, 2.05) is 61.7 Å². The first-order chi connectivity index (χ1) is 10.6. The molecular weight excluding hydrogens is 294 g/mol. The number of nitrogens with one attached hydrogen (secondary N) is 1. The Labute approximate surface area is 133 Å². The highest BCUT2D eigenvalue weighted by Crippen LogP contribution is 2.18. The lowest BCUT2D eigenvalue weighted by atomic mass is 10.2. The van der Waals surface area contributed by atoms with Gasteiger partial charge in [-0.1, -0.05) is 23.8 Å². The average molecular weight is 311 g/mol. The summed E-state index contributed by atoms with van der Waals surface area (Å²) in [5.74, 6) is 0.665. The van der Waals surface area contributed by atoms with E-state index in [1.54, 1.807) is 16.0 Å². The summed E-state index contributed by atoms with van der Waals surface area (Å²) in [4.78, 5) is 13.2. The Hall–Kier alpha value is -2.40. The largest absolute Gasteiger partial charge is 0.310 e. The number of benzene rings is 1. The van der Waals surface area contributed by atoms with Gasteiger partial charge in [-0.2, -0.15) is 5.10 Å². The summed E-state index contributed by atoms with van der Waals surface area (Å²) in [6.45, 7) is 3.96. The van der Waals surface area contributed by atoms with Gasteiger partial charge in [-0.25, -0.2) is 4.68 Å². The summed E-state index contributed by atoms with van der Waals surface area (Å²) in [5.41, 5.74) is 2.99. The number of aryl methyl sites for hydroxylation is 2. The predicted octanol–water partition coefficient (Wildman–Crippen LogP) is 3.73. The summed E-state index contributed by atoms with van der Waals surface area (Å²) in [6.07, 6.45) is 0.385. The number of aromatic nitrogens is 2. The monoisotopic (exact) mass is 311 g/mol. The molecule has 0 unspecified atom stereocenters. The topological polar surface area (TPSA) is 46.9 Å². The number of carbonyl (C=O) groups is 1. The number of anilines is 1. The first-order valence-electron chi connectivity index (χ1n) is 7.08. The third kappa shape index (κ3) is 3.26. The fraction of sp³-hybridized carbons (Fsp3) is 0.176. The molecule has 0 bridgehead atoms. The molecule has 1 N–H and O–H groups in total. The Balaban J connectivity index is 1.82. The molecular formula is C17H17N3OS. The van der Waals surface area contributed by atoms with E-state index in [-0.39, 0.29) is 5.91 Å². The predicted molar refractivity (Wildman–Crippen MR) is 89.7 cm³/mol. The van der Waals surface area contributed by atoms with Gasteiger partial charge in [0.25, 0.3) is 0 Å². The maximum atomic E-state index is 12.2. The Bertz CT molecular complexity index is 773. The number of hydrogen-bond donors (Lipinski definition) is 1. The number of nitrogens with zero attached hydrogens (tertiary/aromatic N) is 2.